The van der Waals surface area contributed by atoms with E-state index in [4.69, 9.17) is 0 Å². The fourth-order valence-corrected chi connectivity index (χ4v) is 3.26. The number of carbonyl (C=O) groups is 1. The smallest absolute Gasteiger partial charge is 0.225 e. The monoisotopic (exact) mass is 274 g/mol. The van der Waals surface area contributed by atoms with Crippen LogP contribution >= 0.6 is 0 Å². The van der Waals surface area contributed by atoms with E-state index in [1.165, 1.54) is 0 Å². The van der Waals surface area contributed by atoms with Crippen molar-refractivity contribution < 1.29 is 4.79 Å². The highest BCUT2D eigenvalue weighted by atomic mass is 16.2. The number of amides is 1. The second kappa shape index (κ2) is 4.72. The molecule has 0 N–H and O–H groups in total. The topological polar surface area (TPSA) is 49.3 Å². The Kier molecular flexibility index (Phi) is 3.15. The molecule has 1 unspecified atom stereocenters. The molecule has 1 spiro atoms. The van der Waals surface area contributed by atoms with Crippen molar-refractivity contribution >= 4 is 11.9 Å². The molecule has 2 fully saturated rings. The fourth-order valence-electron chi connectivity index (χ4n) is 3.26. The Morgan fingerprint density at radius 3 is 2.45 bits per heavy atom. The molecule has 5 nitrogen and oxygen atoms in total. The van der Waals surface area contributed by atoms with Gasteiger partial charge in [-0.25, -0.2) is 9.97 Å². The minimum atomic E-state index is 0.249. The van der Waals surface area contributed by atoms with Crippen LogP contribution in [-0.2, 0) is 4.79 Å². The van der Waals surface area contributed by atoms with E-state index in [2.05, 4.69) is 14.9 Å². The molecule has 0 aromatic carbocycles. The summed E-state index contributed by atoms with van der Waals surface area (Å²) >= 11 is 0. The molecule has 1 aromatic rings. The predicted octanol–water partition coefficient (Wildman–Crippen LogP) is 1.48. The molecule has 3 rings (SSSR count). The summed E-state index contributed by atoms with van der Waals surface area (Å²) in [5.74, 6) is 1.37. The minimum Gasteiger partial charge on any atom is -0.349 e. The Bertz CT molecular complexity index is 503. The Hall–Kier alpha value is -1.65. The largest absolute Gasteiger partial charge is 0.349 e. The summed E-state index contributed by atoms with van der Waals surface area (Å²) < 4.78 is 0. The first-order chi connectivity index (χ1) is 9.52. The standard InChI is InChI=1S/C15H22N4O/c1-11-9-16-14(17-10-11)19-6-4-15(5-7-19)8-12(15)13(20)18(2)3/h9-10,12H,4-8H2,1-3H3. The summed E-state index contributed by atoms with van der Waals surface area (Å²) in [4.78, 5) is 24.8. The lowest BCUT2D eigenvalue weighted by Gasteiger charge is -2.33. The van der Waals surface area contributed by atoms with Crippen molar-refractivity contribution in [3.8, 4) is 0 Å². The van der Waals surface area contributed by atoms with Crippen molar-refractivity contribution in [3.05, 3.63) is 18.0 Å². The van der Waals surface area contributed by atoms with Crippen LogP contribution in [0.5, 0.6) is 0 Å². The molecule has 1 saturated heterocycles. The molecule has 0 radical (unpaired) electrons. The van der Waals surface area contributed by atoms with Gasteiger partial charge < -0.3 is 9.80 Å². The van der Waals surface area contributed by atoms with E-state index in [1.54, 1.807) is 4.90 Å². The molecule has 108 valence electrons. The van der Waals surface area contributed by atoms with Gasteiger partial charge in [0.1, 0.15) is 0 Å². The number of aromatic nitrogens is 2. The highest BCUT2D eigenvalue weighted by Crippen LogP contribution is 2.59. The summed E-state index contributed by atoms with van der Waals surface area (Å²) in [5.41, 5.74) is 1.35. The number of piperidine rings is 1. The van der Waals surface area contributed by atoms with Crippen molar-refractivity contribution in [2.75, 3.05) is 32.1 Å². The minimum absolute atomic E-state index is 0.249. The van der Waals surface area contributed by atoms with Crippen LogP contribution in [0.2, 0.25) is 0 Å². The molecule has 1 saturated carbocycles. The maximum Gasteiger partial charge on any atom is 0.225 e. The third-order valence-corrected chi connectivity index (χ3v) is 4.74. The van der Waals surface area contributed by atoms with Gasteiger partial charge in [0, 0.05) is 45.5 Å². The molecule has 1 atom stereocenters. The zero-order chi connectivity index (χ0) is 14.3. The van der Waals surface area contributed by atoms with Gasteiger partial charge in [0.25, 0.3) is 0 Å². The van der Waals surface area contributed by atoms with Crippen molar-refractivity contribution in [2.24, 2.45) is 11.3 Å². The van der Waals surface area contributed by atoms with Gasteiger partial charge in [-0.05, 0) is 37.2 Å². The van der Waals surface area contributed by atoms with Crippen molar-refractivity contribution in [2.45, 2.75) is 26.2 Å². The fraction of sp³-hybridized carbons (Fsp3) is 0.667. The van der Waals surface area contributed by atoms with Gasteiger partial charge in [0.2, 0.25) is 11.9 Å². The molecule has 0 bridgehead atoms. The van der Waals surface area contributed by atoms with Crippen molar-refractivity contribution in [3.63, 3.8) is 0 Å². The Labute approximate surface area is 120 Å². The first-order valence-corrected chi connectivity index (χ1v) is 7.27. The molecule has 2 aliphatic rings. The molecular formula is C15H22N4O. The van der Waals surface area contributed by atoms with E-state index < -0.39 is 0 Å². The summed E-state index contributed by atoms with van der Waals surface area (Å²) in [5, 5.41) is 0. The van der Waals surface area contributed by atoms with E-state index >= 15 is 0 Å². The lowest BCUT2D eigenvalue weighted by molar-refractivity contribution is -0.131. The second-order valence-corrected chi connectivity index (χ2v) is 6.40. The van der Waals surface area contributed by atoms with Crippen LogP contribution in [0.15, 0.2) is 12.4 Å². The van der Waals surface area contributed by atoms with E-state index in [1.807, 2.05) is 33.4 Å². The average molecular weight is 274 g/mol. The zero-order valence-corrected chi connectivity index (χ0v) is 12.5. The number of hydrogen-bond donors (Lipinski definition) is 0. The Morgan fingerprint density at radius 1 is 1.30 bits per heavy atom. The normalized spacial score (nSPS) is 23.8. The molecule has 20 heavy (non-hydrogen) atoms. The van der Waals surface area contributed by atoms with Crippen molar-refractivity contribution in [1.82, 2.24) is 14.9 Å². The van der Waals surface area contributed by atoms with Crippen LogP contribution in [0.1, 0.15) is 24.8 Å². The quantitative estimate of drug-likeness (QED) is 0.819. The molecular weight excluding hydrogens is 252 g/mol. The number of nitrogens with zero attached hydrogens (tertiary/aromatic N) is 4. The zero-order valence-electron chi connectivity index (χ0n) is 12.5. The van der Waals surface area contributed by atoms with Crippen LogP contribution in [0.3, 0.4) is 0 Å². The maximum atomic E-state index is 12.1. The van der Waals surface area contributed by atoms with Crippen LogP contribution in [0.4, 0.5) is 5.95 Å². The van der Waals surface area contributed by atoms with Gasteiger partial charge in [-0.15, -0.1) is 0 Å². The first kappa shape index (κ1) is 13.3. The SMILES string of the molecule is Cc1cnc(N2CCC3(CC2)CC3C(=O)N(C)C)nc1. The van der Waals surface area contributed by atoms with Crippen LogP contribution in [0, 0.1) is 18.3 Å². The maximum absolute atomic E-state index is 12.1. The molecule has 2 heterocycles. The first-order valence-electron chi connectivity index (χ1n) is 7.27. The summed E-state index contributed by atoms with van der Waals surface area (Å²) in [6.45, 7) is 3.91. The second-order valence-electron chi connectivity index (χ2n) is 6.40. The predicted molar refractivity (Wildman–Crippen MR) is 77.5 cm³/mol. The van der Waals surface area contributed by atoms with Gasteiger partial charge in [0.05, 0.1) is 0 Å². The van der Waals surface area contributed by atoms with E-state index in [0.717, 1.165) is 43.9 Å². The third kappa shape index (κ3) is 2.25. The van der Waals surface area contributed by atoms with Gasteiger partial charge >= 0.3 is 0 Å². The van der Waals surface area contributed by atoms with Crippen LogP contribution in [-0.4, -0.2) is 48.0 Å². The highest BCUT2D eigenvalue weighted by Gasteiger charge is 2.58. The highest BCUT2D eigenvalue weighted by molar-refractivity contribution is 5.82. The Balaban J connectivity index is 1.61. The molecule has 5 heteroatoms. The van der Waals surface area contributed by atoms with Gasteiger partial charge in [0.15, 0.2) is 0 Å². The van der Waals surface area contributed by atoms with Gasteiger partial charge in [-0.1, -0.05) is 0 Å². The number of hydrogen-bond acceptors (Lipinski definition) is 4. The number of carbonyl (C=O) groups excluding carboxylic acids is 1. The third-order valence-electron chi connectivity index (χ3n) is 4.74. The molecule has 1 aromatic heterocycles. The average Bonchev–Trinajstić information content (AvgIpc) is 3.13. The molecule has 1 amide bonds. The molecule has 1 aliphatic heterocycles. The van der Waals surface area contributed by atoms with Gasteiger partial charge in [-0.2, -0.15) is 0 Å². The lowest BCUT2D eigenvalue weighted by Crippen LogP contribution is -2.37. The summed E-state index contributed by atoms with van der Waals surface area (Å²) in [6, 6.07) is 0. The Morgan fingerprint density at radius 2 is 1.90 bits per heavy atom. The molecule has 1 aliphatic carbocycles. The van der Waals surface area contributed by atoms with E-state index in [-0.39, 0.29) is 11.3 Å². The van der Waals surface area contributed by atoms with Gasteiger partial charge in [-0.3, -0.25) is 4.79 Å². The number of rotatable bonds is 2. The summed E-state index contributed by atoms with van der Waals surface area (Å²) in [7, 11) is 3.70. The van der Waals surface area contributed by atoms with E-state index in [9.17, 15) is 4.79 Å². The summed E-state index contributed by atoms with van der Waals surface area (Å²) in [6.07, 6.45) is 6.94. The lowest BCUT2D eigenvalue weighted by atomic mass is 9.90. The van der Waals surface area contributed by atoms with Crippen LogP contribution in [0.25, 0.3) is 0 Å². The van der Waals surface area contributed by atoms with E-state index in [0.29, 0.717) is 5.91 Å². The number of anilines is 1. The number of aryl methyl sites for hydroxylation is 1. The van der Waals surface area contributed by atoms with Crippen LogP contribution < -0.4 is 4.90 Å². The van der Waals surface area contributed by atoms with Crippen molar-refractivity contribution in [1.29, 1.82) is 0 Å².